The number of halogens is 2. The molecule has 0 N–H and O–H groups in total. The van der Waals surface area contributed by atoms with Gasteiger partial charge in [0.05, 0.1) is 10.9 Å². The predicted molar refractivity (Wildman–Crippen MR) is 103 cm³/mol. The van der Waals surface area contributed by atoms with Gasteiger partial charge in [0.25, 0.3) is 0 Å². The van der Waals surface area contributed by atoms with Gasteiger partial charge in [0.1, 0.15) is 0 Å². The molecule has 0 radical (unpaired) electrons. The second-order valence-corrected chi connectivity index (χ2v) is 8.83. The molecule has 1 aromatic carbocycles. The zero-order chi connectivity index (χ0) is 21.3. The maximum atomic E-state index is 13.5. The molecule has 1 aliphatic rings. The Morgan fingerprint density at radius 1 is 1.10 bits per heavy atom. The first-order valence-corrected chi connectivity index (χ1v) is 10.7. The van der Waals surface area contributed by atoms with Crippen LogP contribution in [-0.4, -0.2) is 58.9 Å². The third-order valence-electron chi connectivity index (χ3n) is 5.07. The summed E-state index contributed by atoms with van der Waals surface area (Å²) in [4.78, 5) is 10.2. The van der Waals surface area contributed by atoms with Gasteiger partial charge in [-0.05, 0) is 37.3 Å². The number of piperazine rings is 1. The lowest BCUT2D eigenvalue weighted by Gasteiger charge is -2.36. The summed E-state index contributed by atoms with van der Waals surface area (Å²) in [5.74, 6) is -1.42. The van der Waals surface area contributed by atoms with Crippen LogP contribution < -0.4 is 0 Å². The van der Waals surface area contributed by atoms with Crippen molar-refractivity contribution in [2.75, 3.05) is 26.2 Å². The molecule has 3 aromatic rings. The van der Waals surface area contributed by atoms with E-state index in [9.17, 15) is 17.2 Å². The molecular weight excluding hydrogens is 416 g/mol. The van der Waals surface area contributed by atoms with Gasteiger partial charge in [0.2, 0.25) is 21.7 Å². The second kappa shape index (κ2) is 8.17. The smallest absolute Gasteiger partial charge is 0.244 e. The van der Waals surface area contributed by atoms with Gasteiger partial charge >= 0.3 is 0 Å². The van der Waals surface area contributed by atoms with E-state index in [0.29, 0.717) is 30.9 Å². The van der Waals surface area contributed by atoms with Crippen LogP contribution in [0.25, 0.3) is 11.4 Å². The van der Waals surface area contributed by atoms with Crippen molar-refractivity contribution in [1.29, 1.82) is 0 Å². The molecule has 4 rings (SSSR count). The van der Waals surface area contributed by atoms with E-state index in [1.54, 1.807) is 18.5 Å². The number of sulfonamides is 1. The fraction of sp³-hybridized carbons (Fsp3) is 0.316. The van der Waals surface area contributed by atoms with E-state index in [2.05, 4.69) is 15.1 Å². The quantitative estimate of drug-likeness (QED) is 0.608. The molecule has 0 aliphatic carbocycles. The minimum absolute atomic E-state index is 0.204. The lowest BCUT2D eigenvalue weighted by atomic mass is 10.2. The number of hydrogen-bond acceptors (Lipinski definition) is 7. The van der Waals surface area contributed by atoms with Crippen molar-refractivity contribution in [3.05, 3.63) is 60.3 Å². The maximum Gasteiger partial charge on any atom is 0.244 e. The molecule has 2 aromatic heterocycles. The molecule has 1 aliphatic heterocycles. The van der Waals surface area contributed by atoms with Crippen molar-refractivity contribution in [3.8, 4) is 11.4 Å². The molecular formula is C19H19F2N5O3S. The number of hydrogen-bond donors (Lipinski definition) is 0. The van der Waals surface area contributed by atoms with Crippen molar-refractivity contribution in [2.24, 2.45) is 0 Å². The standard InChI is InChI=1S/C19H19F2N5O3S/c1-13(19-23-18(24-29-19)14-3-2-6-22-12-14)25-7-9-26(10-8-25)30(27,28)15-4-5-16(20)17(21)11-15/h2-6,11-13H,7-10H2,1H3. The summed E-state index contributed by atoms with van der Waals surface area (Å²) in [5.41, 5.74) is 0.738. The van der Waals surface area contributed by atoms with Crippen molar-refractivity contribution >= 4 is 10.0 Å². The Kier molecular flexibility index (Phi) is 5.58. The Morgan fingerprint density at radius 3 is 2.53 bits per heavy atom. The molecule has 11 heteroatoms. The first kappa shape index (κ1) is 20.5. The van der Waals surface area contributed by atoms with Crippen molar-refractivity contribution in [1.82, 2.24) is 24.3 Å². The molecule has 1 saturated heterocycles. The highest BCUT2D eigenvalue weighted by Gasteiger charge is 2.32. The average Bonchev–Trinajstić information content (AvgIpc) is 3.26. The average molecular weight is 435 g/mol. The molecule has 3 heterocycles. The van der Waals surface area contributed by atoms with Gasteiger partial charge in [-0.2, -0.15) is 9.29 Å². The molecule has 1 atom stereocenters. The Balaban J connectivity index is 1.43. The summed E-state index contributed by atoms with van der Waals surface area (Å²) < 4.78 is 58.7. The molecule has 0 saturated carbocycles. The van der Waals surface area contributed by atoms with Crippen LogP contribution in [0.2, 0.25) is 0 Å². The number of pyridine rings is 1. The fourth-order valence-electron chi connectivity index (χ4n) is 3.29. The SMILES string of the molecule is CC(c1nc(-c2cccnc2)no1)N1CCN(S(=O)(=O)c2ccc(F)c(F)c2)CC1. The van der Waals surface area contributed by atoms with Gasteiger partial charge in [0, 0.05) is 44.1 Å². The van der Waals surface area contributed by atoms with Crippen LogP contribution >= 0.6 is 0 Å². The van der Waals surface area contributed by atoms with E-state index < -0.39 is 21.7 Å². The number of rotatable bonds is 5. The Labute approximate surface area is 172 Å². The van der Waals surface area contributed by atoms with Crippen LogP contribution in [0.5, 0.6) is 0 Å². The van der Waals surface area contributed by atoms with Gasteiger partial charge in [-0.15, -0.1) is 0 Å². The van der Waals surface area contributed by atoms with E-state index in [0.717, 1.165) is 17.7 Å². The van der Waals surface area contributed by atoms with E-state index in [1.807, 2.05) is 17.9 Å². The third kappa shape index (κ3) is 3.95. The summed E-state index contributed by atoms with van der Waals surface area (Å²) in [6.07, 6.45) is 3.29. The molecule has 30 heavy (non-hydrogen) atoms. The normalized spacial score (nSPS) is 17.2. The highest BCUT2D eigenvalue weighted by atomic mass is 32.2. The maximum absolute atomic E-state index is 13.5. The van der Waals surface area contributed by atoms with Crippen LogP contribution in [0.3, 0.4) is 0 Å². The molecule has 0 spiro atoms. The topological polar surface area (TPSA) is 92.4 Å². The number of aromatic nitrogens is 3. The summed E-state index contributed by atoms with van der Waals surface area (Å²) in [5, 5.41) is 3.99. The number of benzene rings is 1. The highest BCUT2D eigenvalue weighted by Crippen LogP contribution is 2.25. The fourth-order valence-corrected chi connectivity index (χ4v) is 4.73. The second-order valence-electron chi connectivity index (χ2n) is 6.89. The third-order valence-corrected chi connectivity index (χ3v) is 6.96. The summed E-state index contributed by atoms with van der Waals surface area (Å²) in [6, 6.07) is 5.99. The summed E-state index contributed by atoms with van der Waals surface area (Å²) in [6.45, 7) is 3.16. The van der Waals surface area contributed by atoms with Gasteiger partial charge in [-0.1, -0.05) is 5.16 Å². The van der Waals surface area contributed by atoms with Crippen molar-refractivity contribution in [3.63, 3.8) is 0 Å². The van der Waals surface area contributed by atoms with Crippen molar-refractivity contribution in [2.45, 2.75) is 17.9 Å². The monoisotopic (exact) mass is 435 g/mol. The number of nitrogens with zero attached hydrogens (tertiary/aromatic N) is 5. The Hall–Kier alpha value is -2.76. The Morgan fingerprint density at radius 2 is 1.87 bits per heavy atom. The van der Waals surface area contributed by atoms with Gasteiger partial charge in [-0.25, -0.2) is 17.2 Å². The molecule has 0 bridgehead atoms. The molecule has 0 amide bonds. The van der Waals surface area contributed by atoms with E-state index in [-0.39, 0.29) is 24.0 Å². The van der Waals surface area contributed by atoms with Crippen LogP contribution in [0.1, 0.15) is 18.9 Å². The van der Waals surface area contributed by atoms with E-state index in [1.165, 1.54) is 4.31 Å². The van der Waals surface area contributed by atoms with Crippen molar-refractivity contribution < 1.29 is 21.7 Å². The predicted octanol–water partition coefficient (Wildman–Crippen LogP) is 2.48. The summed E-state index contributed by atoms with van der Waals surface area (Å²) in [7, 11) is -3.91. The molecule has 1 unspecified atom stereocenters. The first-order chi connectivity index (χ1) is 14.4. The lowest BCUT2D eigenvalue weighted by molar-refractivity contribution is 0.124. The zero-order valence-electron chi connectivity index (χ0n) is 16.1. The largest absolute Gasteiger partial charge is 0.337 e. The Bertz CT molecular complexity index is 1130. The minimum Gasteiger partial charge on any atom is -0.337 e. The first-order valence-electron chi connectivity index (χ1n) is 9.29. The molecule has 1 fully saturated rings. The minimum atomic E-state index is -3.91. The van der Waals surface area contributed by atoms with Crippen LogP contribution in [-0.2, 0) is 10.0 Å². The molecule has 158 valence electrons. The van der Waals surface area contributed by atoms with E-state index >= 15 is 0 Å². The van der Waals surface area contributed by atoms with Gasteiger partial charge in [0.15, 0.2) is 11.6 Å². The van der Waals surface area contributed by atoms with Gasteiger partial charge in [-0.3, -0.25) is 9.88 Å². The zero-order valence-corrected chi connectivity index (χ0v) is 16.9. The van der Waals surface area contributed by atoms with Crippen LogP contribution in [0, 0.1) is 11.6 Å². The van der Waals surface area contributed by atoms with Crippen LogP contribution in [0.4, 0.5) is 8.78 Å². The molecule has 8 nitrogen and oxygen atoms in total. The van der Waals surface area contributed by atoms with Gasteiger partial charge < -0.3 is 4.52 Å². The van der Waals surface area contributed by atoms with Crippen LogP contribution in [0.15, 0.2) is 52.1 Å². The highest BCUT2D eigenvalue weighted by molar-refractivity contribution is 7.89. The van der Waals surface area contributed by atoms with E-state index in [4.69, 9.17) is 4.52 Å². The lowest BCUT2D eigenvalue weighted by Crippen LogP contribution is -2.49. The summed E-state index contributed by atoms with van der Waals surface area (Å²) >= 11 is 0.